The Labute approximate surface area is 185 Å². The highest BCUT2D eigenvalue weighted by Crippen LogP contribution is 2.33. The lowest BCUT2D eigenvalue weighted by molar-refractivity contribution is -0.383. The lowest BCUT2D eigenvalue weighted by atomic mass is 10.2. The van der Waals surface area contributed by atoms with E-state index in [-0.39, 0.29) is 20.1 Å². The summed E-state index contributed by atoms with van der Waals surface area (Å²) < 4.78 is 25.4. The molecule has 0 radical (unpaired) electrons. The standard InChI is InChI=1S/C19H16N6O5S2/c1-11(15-10-24(23-22-15)12-6-4-3-5-7-12)20-19-21-18(26)14-8-13(32(2,29)30)9-16(25(27)28)17(14)31-19/h3-11H,1-2H3,(H,20,21,26)/t11-/m0/s1. The summed E-state index contributed by atoms with van der Waals surface area (Å²) in [6.45, 7) is 1.78. The van der Waals surface area contributed by atoms with Gasteiger partial charge in [-0.1, -0.05) is 34.7 Å². The molecule has 0 bridgehead atoms. The number of nitrogens with one attached hydrogen (secondary N) is 1. The number of anilines is 1. The van der Waals surface area contributed by atoms with E-state index in [1.807, 2.05) is 30.3 Å². The molecule has 2 aromatic heterocycles. The Bertz CT molecular complexity index is 1500. The number of benzene rings is 2. The fourth-order valence-electron chi connectivity index (χ4n) is 2.98. The smallest absolute Gasteiger partial charge is 0.288 e. The number of nitrogens with zero attached hydrogens (tertiary/aromatic N) is 5. The third-order valence-electron chi connectivity index (χ3n) is 4.62. The summed E-state index contributed by atoms with van der Waals surface area (Å²) in [5, 5.41) is 22.8. The number of nitro benzene ring substituents is 1. The number of non-ortho nitro benzene ring substituents is 1. The molecule has 1 atom stereocenters. The molecule has 32 heavy (non-hydrogen) atoms. The van der Waals surface area contributed by atoms with E-state index < -0.39 is 32.0 Å². The summed E-state index contributed by atoms with van der Waals surface area (Å²) in [4.78, 5) is 27.0. The van der Waals surface area contributed by atoms with Crippen molar-refractivity contribution in [3.05, 3.63) is 74.8 Å². The minimum atomic E-state index is -3.75. The Morgan fingerprint density at radius 1 is 1.22 bits per heavy atom. The average Bonchev–Trinajstić information content (AvgIpc) is 3.23. The maximum Gasteiger partial charge on any atom is 0.288 e. The third-order valence-corrected chi connectivity index (χ3v) is 6.74. The monoisotopic (exact) mass is 472 g/mol. The second-order valence-electron chi connectivity index (χ2n) is 6.96. The first kappa shape index (κ1) is 21.5. The van der Waals surface area contributed by atoms with Gasteiger partial charge in [0.15, 0.2) is 15.0 Å². The number of sulfone groups is 1. The predicted octanol–water partition coefficient (Wildman–Crippen LogP) is 2.72. The lowest BCUT2D eigenvalue weighted by Gasteiger charge is -2.11. The first-order chi connectivity index (χ1) is 15.1. The van der Waals surface area contributed by atoms with Crippen LogP contribution in [0.2, 0.25) is 0 Å². The van der Waals surface area contributed by atoms with Crippen LogP contribution < -0.4 is 10.9 Å². The average molecular weight is 473 g/mol. The van der Waals surface area contributed by atoms with Crippen molar-refractivity contribution in [2.75, 3.05) is 11.6 Å². The quantitative estimate of drug-likeness (QED) is 0.330. The van der Waals surface area contributed by atoms with E-state index in [2.05, 4.69) is 20.6 Å². The number of nitro groups is 1. The summed E-state index contributed by atoms with van der Waals surface area (Å²) in [5.74, 6) is 0. The summed E-state index contributed by atoms with van der Waals surface area (Å²) in [5.41, 5.74) is 0.148. The SMILES string of the molecule is C[C@H](Nc1nc(=O)c2cc(S(C)(=O)=O)cc([N+](=O)[O-])c2s1)c1cn(-c2ccccc2)nn1. The molecule has 164 valence electrons. The normalized spacial score (nSPS) is 12.6. The van der Waals surface area contributed by atoms with Gasteiger partial charge in [0.25, 0.3) is 11.2 Å². The molecule has 0 saturated heterocycles. The maximum absolute atomic E-state index is 12.6. The van der Waals surface area contributed by atoms with Gasteiger partial charge in [-0.15, -0.1) is 5.10 Å². The van der Waals surface area contributed by atoms with Crippen molar-refractivity contribution in [2.24, 2.45) is 0 Å². The van der Waals surface area contributed by atoms with Crippen LogP contribution in [0.5, 0.6) is 0 Å². The van der Waals surface area contributed by atoms with E-state index in [0.717, 1.165) is 35.4 Å². The van der Waals surface area contributed by atoms with E-state index in [4.69, 9.17) is 0 Å². The molecule has 13 heteroatoms. The van der Waals surface area contributed by atoms with Gasteiger partial charge in [-0.05, 0) is 25.1 Å². The second kappa shape index (κ2) is 8.09. The Balaban J connectivity index is 1.71. The Morgan fingerprint density at radius 2 is 1.94 bits per heavy atom. The van der Waals surface area contributed by atoms with Crippen LogP contribution in [0.1, 0.15) is 18.7 Å². The minimum absolute atomic E-state index is 0.0324. The van der Waals surface area contributed by atoms with Crippen molar-refractivity contribution in [3.8, 4) is 5.69 Å². The van der Waals surface area contributed by atoms with Gasteiger partial charge in [0.2, 0.25) is 0 Å². The summed E-state index contributed by atoms with van der Waals surface area (Å²) >= 11 is 0.888. The highest BCUT2D eigenvalue weighted by Gasteiger charge is 2.22. The molecule has 4 rings (SSSR count). The Morgan fingerprint density at radius 3 is 2.59 bits per heavy atom. The van der Waals surface area contributed by atoms with Crippen LogP contribution in [0.4, 0.5) is 10.8 Å². The van der Waals surface area contributed by atoms with Gasteiger partial charge in [0, 0.05) is 12.3 Å². The van der Waals surface area contributed by atoms with Crippen molar-refractivity contribution >= 4 is 42.1 Å². The van der Waals surface area contributed by atoms with Crippen molar-refractivity contribution in [1.29, 1.82) is 0 Å². The van der Waals surface area contributed by atoms with Gasteiger partial charge in [-0.2, -0.15) is 4.98 Å². The molecule has 0 saturated carbocycles. The zero-order valence-corrected chi connectivity index (χ0v) is 18.4. The van der Waals surface area contributed by atoms with Crippen LogP contribution in [0.3, 0.4) is 0 Å². The molecule has 2 aromatic carbocycles. The molecule has 0 aliphatic heterocycles. The van der Waals surface area contributed by atoms with Crippen LogP contribution in [-0.2, 0) is 9.84 Å². The fourth-order valence-corrected chi connectivity index (χ4v) is 4.69. The zero-order valence-electron chi connectivity index (χ0n) is 16.8. The summed E-state index contributed by atoms with van der Waals surface area (Å²) in [6, 6.07) is 11.0. The number of hydrogen-bond donors (Lipinski definition) is 1. The maximum atomic E-state index is 12.6. The predicted molar refractivity (Wildman–Crippen MR) is 119 cm³/mol. The van der Waals surface area contributed by atoms with Gasteiger partial charge >= 0.3 is 0 Å². The van der Waals surface area contributed by atoms with Gasteiger partial charge in [-0.25, -0.2) is 13.1 Å². The molecule has 0 spiro atoms. The van der Waals surface area contributed by atoms with Crippen molar-refractivity contribution in [2.45, 2.75) is 17.9 Å². The third kappa shape index (κ3) is 4.20. The molecule has 2 heterocycles. The first-order valence-electron chi connectivity index (χ1n) is 9.21. The van der Waals surface area contributed by atoms with Crippen LogP contribution in [-0.4, -0.2) is 39.6 Å². The zero-order chi connectivity index (χ0) is 23.0. The lowest BCUT2D eigenvalue weighted by Crippen LogP contribution is -2.14. The van der Waals surface area contributed by atoms with E-state index >= 15 is 0 Å². The summed E-state index contributed by atoms with van der Waals surface area (Å²) in [7, 11) is -3.75. The highest BCUT2D eigenvalue weighted by atomic mass is 32.2. The fraction of sp³-hybridized carbons (Fsp3) is 0.158. The van der Waals surface area contributed by atoms with E-state index in [1.54, 1.807) is 17.8 Å². The van der Waals surface area contributed by atoms with Crippen LogP contribution in [0.25, 0.3) is 15.8 Å². The van der Waals surface area contributed by atoms with Crippen LogP contribution in [0.15, 0.2) is 58.4 Å². The van der Waals surface area contributed by atoms with Crippen LogP contribution >= 0.6 is 11.3 Å². The van der Waals surface area contributed by atoms with Crippen molar-refractivity contribution < 1.29 is 13.3 Å². The number of fused-ring (bicyclic) bond motifs is 1. The number of hydrogen-bond acceptors (Lipinski definition) is 10. The first-order valence-corrected chi connectivity index (χ1v) is 11.9. The molecule has 11 nitrogen and oxygen atoms in total. The molecular formula is C19H16N6O5S2. The number of rotatable bonds is 6. The Hall–Kier alpha value is -3.71. The molecule has 0 fully saturated rings. The number of para-hydroxylation sites is 1. The van der Waals surface area contributed by atoms with Crippen LogP contribution in [0, 0.1) is 10.1 Å². The van der Waals surface area contributed by atoms with E-state index in [1.165, 1.54) is 0 Å². The molecule has 0 aliphatic carbocycles. The largest absolute Gasteiger partial charge is 0.353 e. The molecule has 1 N–H and O–H groups in total. The van der Waals surface area contributed by atoms with Crippen molar-refractivity contribution in [3.63, 3.8) is 0 Å². The highest BCUT2D eigenvalue weighted by molar-refractivity contribution is 7.90. The molecule has 0 aliphatic rings. The molecule has 0 unspecified atom stereocenters. The second-order valence-corrected chi connectivity index (χ2v) is 9.98. The van der Waals surface area contributed by atoms with Gasteiger partial charge in [0.1, 0.15) is 10.4 Å². The summed E-state index contributed by atoms with van der Waals surface area (Å²) in [6.07, 6.45) is 2.64. The van der Waals surface area contributed by atoms with Gasteiger partial charge < -0.3 is 5.32 Å². The number of aromatic nitrogens is 4. The van der Waals surface area contributed by atoms with Crippen molar-refractivity contribution in [1.82, 2.24) is 20.0 Å². The molecule has 4 aromatic rings. The minimum Gasteiger partial charge on any atom is -0.353 e. The van der Waals surface area contributed by atoms with E-state index in [9.17, 15) is 23.3 Å². The Kier molecular flexibility index (Phi) is 5.44. The topological polar surface area (TPSA) is 150 Å². The van der Waals surface area contributed by atoms with Gasteiger partial charge in [-0.3, -0.25) is 14.9 Å². The van der Waals surface area contributed by atoms with Gasteiger partial charge in [0.05, 0.1) is 33.1 Å². The molecular weight excluding hydrogens is 456 g/mol. The molecule has 0 amide bonds. The van der Waals surface area contributed by atoms with E-state index in [0.29, 0.717) is 5.69 Å².